The molecule has 1 N–H and O–H groups in total. The Morgan fingerprint density at radius 1 is 1.17 bits per heavy atom. The molecule has 148 valence electrons. The molecule has 29 heavy (non-hydrogen) atoms. The molecule has 0 aliphatic heterocycles. The zero-order chi connectivity index (χ0) is 20.2. The van der Waals surface area contributed by atoms with Crippen LogP contribution in [0.4, 0.5) is 5.13 Å². The summed E-state index contributed by atoms with van der Waals surface area (Å²) in [5.41, 5.74) is 1.51. The first-order valence-corrected chi connectivity index (χ1v) is 10.9. The van der Waals surface area contributed by atoms with E-state index in [4.69, 9.17) is 4.42 Å². The molecule has 6 nitrogen and oxygen atoms in total. The Balaban J connectivity index is 1.58. The molecule has 4 aromatic rings. The van der Waals surface area contributed by atoms with Gasteiger partial charge in [0.2, 0.25) is 5.91 Å². The van der Waals surface area contributed by atoms with Gasteiger partial charge < -0.3 is 9.73 Å². The lowest BCUT2D eigenvalue weighted by Crippen LogP contribution is -2.33. The maximum absolute atomic E-state index is 13.0. The minimum absolute atomic E-state index is 0.0810. The topological polar surface area (TPSA) is 75.4 Å². The number of nitrogens with zero attached hydrogens (tertiary/aromatic N) is 2. The summed E-state index contributed by atoms with van der Waals surface area (Å²) < 4.78 is 5.90. The van der Waals surface area contributed by atoms with Crippen LogP contribution >= 0.6 is 22.7 Å². The monoisotopic (exact) mass is 425 g/mol. The van der Waals surface area contributed by atoms with E-state index in [0.29, 0.717) is 41.0 Å². The summed E-state index contributed by atoms with van der Waals surface area (Å²) in [6.07, 6.45) is 0.635. The average molecular weight is 426 g/mol. The minimum Gasteiger partial charge on any atom is -0.454 e. The van der Waals surface area contributed by atoms with Gasteiger partial charge in [0, 0.05) is 30.8 Å². The van der Waals surface area contributed by atoms with Gasteiger partial charge in [0.05, 0.1) is 4.88 Å². The van der Waals surface area contributed by atoms with Crippen molar-refractivity contribution >= 4 is 50.6 Å². The number of hydrogen-bond acceptors (Lipinski definition) is 6. The minimum atomic E-state index is -0.0895. The number of rotatable bonds is 7. The quantitative estimate of drug-likeness (QED) is 0.432. The van der Waals surface area contributed by atoms with E-state index in [1.54, 1.807) is 4.90 Å². The van der Waals surface area contributed by atoms with E-state index < -0.39 is 0 Å². The molecule has 1 aromatic carbocycles. The van der Waals surface area contributed by atoms with E-state index in [2.05, 4.69) is 10.3 Å². The van der Waals surface area contributed by atoms with Gasteiger partial charge in [0.25, 0.3) is 5.91 Å². The molecule has 0 atom stereocenters. The van der Waals surface area contributed by atoms with Gasteiger partial charge >= 0.3 is 0 Å². The number of aromatic nitrogens is 1. The normalized spacial score (nSPS) is 10.9. The molecular weight excluding hydrogens is 406 g/mol. The molecule has 0 fully saturated rings. The van der Waals surface area contributed by atoms with Gasteiger partial charge in [-0.3, -0.25) is 14.5 Å². The van der Waals surface area contributed by atoms with Crippen molar-refractivity contribution in [2.75, 3.05) is 18.0 Å². The third-order valence-electron chi connectivity index (χ3n) is 4.31. The molecule has 3 heterocycles. The van der Waals surface area contributed by atoms with Gasteiger partial charge in [-0.1, -0.05) is 24.3 Å². The van der Waals surface area contributed by atoms with Crippen LogP contribution in [0.5, 0.6) is 0 Å². The number of hydrogen-bond donors (Lipinski definition) is 1. The molecule has 0 unspecified atom stereocenters. The first-order chi connectivity index (χ1) is 14.1. The zero-order valence-electron chi connectivity index (χ0n) is 15.8. The van der Waals surface area contributed by atoms with E-state index in [-0.39, 0.29) is 11.8 Å². The van der Waals surface area contributed by atoms with Gasteiger partial charge in [-0.15, -0.1) is 22.7 Å². The SMILES string of the molecule is CC(=O)NCCCN(C(=O)c1cccs1)c1nc(-c2cc3ccccc3o2)cs1. The van der Waals surface area contributed by atoms with Crippen LogP contribution in [0.1, 0.15) is 23.0 Å². The fourth-order valence-corrected chi connectivity index (χ4v) is 4.44. The highest BCUT2D eigenvalue weighted by Gasteiger charge is 2.22. The molecule has 0 aliphatic rings. The Hall–Kier alpha value is -2.97. The van der Waals surface area contributed by atoms with Crippen LogP contribution in [0.2, 0.25) is 0 Å². The number of para-hydroxylation sites is 1. The zero-order valence-corrected chi connectivity index (χ0v) is 17.4. The van der Waals surface area contributed by atoms with Crippen molar-refractivity contribution in [3.63, 3.8) is 0 Å². The summed E-state index contributed by atoms with van der Waals surface area (Å²) in [5.74, 6) is 0.506. The fourth-order valence-electron chi connectivity index (χ4n) is 2.93. The number of nitrogens with one attached hydrogen (secondary N) is 1. The highest BCUT2D eigenvalue weighted by Crippen LogP contribution is 2.32. The van der Waals surface area contributed by atoms with Gasteiger partial charge in [-0.2, -0.15) is 0 Å². The van der Waals surface area contributed by atoms with E-state index in [1.807, 2.05) is 53.2 Å². The summed E-state index contributed by atoms with van der Waals surface area (Å²) in [5, 5.41) is 8.17. The molecule has 2 amide bonds. The second-order valence-corrected chi connectivity index (χ2v) is 8.22. The van der Waals surface area contributed by atoms with E-state index in [0.717, 1.165) is 11.0 Å². The summed E-state index contributed by atoms with van der Waals surface area (Å²) in [4.78, 5) is 31.1. The average Bonchev–Trinajstić information content (AvgIpc) is 3.46. The smallest absolute Gasteiger partial charge is 0.270 e. The van der Waals surface area contributed by atoms with Crippen molar-refractivity contribution in [1.29, 1.82) is 0 Å². The van der Waals surface area contributed by atoms with Crippen molar-refractivity contribution in [3.8, 4) is 11.5 Å². The summed E-state index contributed by atoms with van der Waals surface area (Å²) in [6.45, 7) is 2.45. The van der Waals surface area contributed by atoms with Crippen molar-refractivity contribution in [2.45, 2.75) is 13.3 Å². The van der Waals surface area contributed by atoms with Crippen LogP contribution in [0.3, 0.4) is 0 Å². The molecule has 3 aromatic heterocycles. The third kappa shape index (κ3) is 4.38. The van der Waals surface area contributed by atoms with Crippen molar-refractivity contribution < 1.29 is 14.0 Å². The standard InChI is InChI=1S/C21H19N3O3S2/c1-14(25)22-9-5-10-24(20(26)19-8-4-11-28-19)21-23-16(13-29-21)18-12-15-6-2-3-7-17(15)27-18/h2-4,6-8,11-13H,5,9-10H2,1H3,(H,22,25). The van der Waals surface area contributed by atoms with E-state index in [1.165, 1.54) is 29.6 Å². The van der Waals surface area contributed by atoms with Crippen LogP contribution in [-0.4, -0.2) is 29.9 Å². The second-order valence-electron chi connectivity index (χ2n) is 6.43. The Kier molecular flexibility index (Phi) is 5.73. The first-order valence-electron chi connectivity index (χ1n) is 9.16. The molecule has 0 aliphatic carbocycles. The van der Waals surface area contributed by atoms with Gasteiger partial charge in [-0.25, -0.2) is 4.98 Å². The third-order valence-corrected chi connectivity index (χ3v) is 6.03. The van der Waals surface area contributed by atoms with Crippen molar-refractivity contribution in [2.24, 2.45) is 0 Å². The maximum atomic E-state index is 13.0. The molecular formula is C21H19N3O3S2. The predicted octanol–water partition coefficient (Wildman–Crippen LogP) is 4.79. The Bertz CT molecular complexity index is 1100. The Morgan fingerprint density at radius 2 is 2.03 bits per heavy atom. The van der Waals surface area contributed by atoms with Crippen LogP contribution in [0.25, 0.3) is 22.4 Å². The van der Waals surface area contributed by atoms with Crippen LogP contribution < -0.4 is 10.2 Å². The van der Waals surface area contributed by atoms with E-state index in [9.17, 15) is 9.59 Å². The second kappa shape index (κ2) is 8.59. The summed E-state index contributed by atoms with van der Waals surface area (Å²) >= 11 is 2.81. The molecule has 4 rings (SSSR count). The maximum Gasteiger partial charge on any atom is 0.270 e. The molecule has 0 spiro atoms. The summed E-state index contributed by atoms with van der Waals surface area (Å²) in [7, 11) is 0. The Labute approximate surface area is 175 Å². The summed E-state index contributed by atoms with van der Waals surface area (Å²) in [6, 6.07) is 13.4. The lowest BCUT2D eigenvalue weighted by atomic mass is 10.2. The van der Waals surface area contributed by atoms with Gasteiger partial charge in [0.1, 0.15) is 11.3 Å². The molecule has 0 saturated heterocycles. The number of carbonyl (C=O) groups excluding carboxylic acids is 2. The highest BCUT2D eigenvalue weighted by atomic mass is 32.1. The Morgan fingerprint density at radius 3 is 2.79 bits per heavy atom. The molecule has 0 radical (unpaired) electrons. The first kappa shape index (κ1) is 19.4. The number of anilines is 1. The lowest BCUT2D eigenvalue weighted by molar-refractivity contribution is -0.118. The fraction of sp³-hybridized carbons (Fsp3) is 0.190. The number of fused-ring (bicyclic) bond motifs is 1. The number of amides is 2. The highest BCUT2D eigenvalue weighted by molar-refractivity contribution is 7.14. The van der Waals surface area contributed by atoms with Crippen LogP contribution in [0, 0.1) is 0 Å². The van der Waals surface area contributed by atoms with Crippen LogP contribution in [-0.2, 0) is 4.79 Å². The van der Waals surface area contributed by atoms with Gasteiger partial charge in [-0.05, 0) is 30.0 Å². The van der Waals surface area contributed by atoms with Crippen molar-refractivity contribution in [1.82, 2.24) is 10.3 Å². The number of thiazole rings is 1. The molecule has 8 heteroatoms. The largest absolute Gasteiger partial charge is 0.454 e. The number of benzene rings is 1. The van der Waals surface area contributed by atoms with Crippen LogP contribution in [0.15, 0.2) is 57.6 Å². The molecule has 0 saturated carbocycles. The number of furan rings is 1. The van der Waals surface area contributed by atoms with Crippen molar-refractivity contribution in [3.05, 3.63) is 58.1 Å². The van der Waals surface area contributed by atoms with E-state index >= 15 is 0 Å². The van der Waals surface area contributed by atoms with Gasteiger partial charge in [0.15, 0.2) is 10.9 Å². The predicted molar refractivity (Wildman–Crippen MR) is 117 cm³/mol. The number of carbonyl (C=O) groups is 2. The molecule has 0 bridgehead atoms. The lowest BCUT2D eigenvalue weighted by Gasteiger charge is -2.19. The number of thiophene rings is 1.